The van der Waals surface area contributed by atoms with Gasteiger partial charge in [0.2, 0.25) is 0 Å². The van der Waals surface area contributed by atoms with Gasteiger partial charge < -0.3 is 5.11 Å². The Balaban J connectivity index is 1.69. The predicted octanol–water partition coefficient (Wildman–Crippen LogP) is 3.35. The fourth-order valence-corrected chi connectivity index (χ4v) is 3.48. The highest BCUT2D eigenvalue weighted by Crippen LogP contribution is 2.42. The van der Waals surface area contributed by atoms with Crippen molar-refractivity contribution >= 4 is 17.3 Å². The highest BCUT2D eigenvalue weighted by atomic mass is 32.1. The number of thiazole rings is 1. The van der Waals surface area contributed by atoms with Crippen molar-refractivity contribution in [2.75, 3.05) is 7.05 Å². The van der Waals surface area contributed by atoms with E-state index in [1.807, 2.05) is 25.2 Å². The van der Waals surface area contributed by atoms with Gasteiger partial charge >= 0.3 is 5.97 Å². The summed E-state index contributed by atoms with van der Waals surface area (Å²) in [6.07, 6.45) is 2.15. The van der Waals surface area contributed by atoms with Crippen LogP contribution in [0.25, 0.3) is 0 Å². The van der Waals surface area contributed by atoms with Gasteiger partial charge in [-0.2, -0.15) is 0 Å². The Morgan fingerprint density at radius 2 is 2.05 bits per heavy atom. The van der Waals surface area contributed by atoms with E-state index >= 15 is 0 Å². The minimum Gasteiger partial charge on any atom is -0.477 e. The minimum atomic E-state index is -0.841. The van der Waals surface area contributed by atoms with Crippen molar-refractivity contribution in [1.82, 2.24) is 9.88 Å². The summed E-state index contributed by atoms with van der Waals surface area (Å²) in [6, 6.07) is 10.2. The van der Waals surface area contributed by atoms with E-state index in [4.69, 9.17) is 0 Å². The van der Waals surface area contributed by atoms with Gasteiger partial charge in [0.05, 0.1) is 12.2 Å². The summed E-state index contributed by atoms with van der Waals surface area (Å²) in [5, 5.41) is 10.2. The van der Waals surface area contributed by atoms with Crippen LogP contribution in [0.15, 0.2) is 30.3 Å². The molecule has 1 saturated carbocycles. The number of carboxylic acid groups (broad SMARTS) is 1. The first-order chi connectivity index (χ1) is 10.1. The lowest BCUT2D eigenvalue weighted by Crippen LogP contribution is -2.17. The van der Waals surface area contributed by atoms with E-state index in [1.165, 1.54) is 16.9 Å². The Morgan fingerprint density at radius 3 is 2.67 bits per heavy atom. The lowest BCUT2D eigenvalue weighted by Gasteiger charge is -2.14. The molecule has 1 aliphatic carbocycles. The lowest BCUT2D eigenvalue weighted by atomic mass is 10.2. The number of rotatable bonds is 6. The molecule has 0 aliphatic heterocycles. The van der Waals surface area contributed by atoms with E-state index in [2.05, 4.69) is 22.0 Å². The minimum absolute atomic E-state index is 0.375. The molecule has 1 fully saturated rings. The first kappa shape index (κ1) is 14.2. The largest absolute Gasteiger partial charge is 0.477 e. The van der Waals surface area contributed by atoms with Gasteiger partial charge in [0.1, 0.15) is 9.88 Å². The monoisotopic (exact) mass is 302 g/mol. The summed E-state index contributed by atoms with van der Waals surface area (Å²) in [5.74, 6) is -0.466. The summed E-state index contributed by atoms with van der Waals surface area (Å²) in [6.45, 7) is 1.52. The highest BCUT2D eigenvalue weighted by molar-refractivity contribution is 7.13. The second-order valence-corrected chi connectivity index (χ2v) is 6.64. The second-order valence-electron chi connectivity index (χ2n) is 5.56. The van der Waals surface area contributed by atoms with Gasteiger partial charge in [-0.3, -0.25) is 4.90 Å². The van der Waals surface area contributed by atoms with E-state index in [1.54, 1.807) is 0 Å². The lowest BCUT2D eigenvalue weighted by molar-refractivity contribution is 0.0700. The van der Waals surface area contributed by atoms with Crippen molar-refractivity contribution < 1.29 is 9.90 Å². The third-order valence-electron chi connectivity index (χ3n) is 3.56. The average molecular weight is 302 g/mol. The van der Waals surface area contributed by atoms with Gasteiger partial charge in [-0.25, -0.2) is 9.78 Å². The van der Waals surface area contributed by atoms with E-state index in [0.29, 0.717) is 17.3 Å². The fourth-order valence-electron chi connectivity index (χ4n) is 2.41. The zero-order valence-electron chi connectivity index (χ0n) is 12.0. The molecular formula is C16H18N2O2S. The second kappa shape index (κ2) is 5.95. The first-order valence-corrected chi connectivity index (χ1v) is 7.90. The number of carbonyl (C=O) groups is 1. The molecule has 0 bridgehead atoms. The maximum atomic E-state index is 11.3. The summed E-state index contributed by atoms with van der Waals surface area (Å²) in [4.78, 5) is 18.5. The Bertz CT molecular complexity index is 635. The molecule has 1 aromatic carbocycles. The van der Waals surface area contributed by atoms with Crippen molar-refractivity contribution in [2.24, 2.45) is 0 Å². The predicted molar refractivity (Wildman–Crippen MR) is 82.7 cm³/mol. The van der Waals surface area contributed by atoms with Crippen LogP contribution in [0.3, 0.4) is 0 Å². The Labute approximate surface area is 128 Å². The highest BCUT2D eigenvalue weighted by Gasteiger charge is 2.32. The molecule has 1 aromatic heterocycles. The van der Waals surface area contributed by atoms with Crippen LogP contribution in [0.2, 0.25) is 0 Å². The van der Waals surface area contributed by atoms with Crippen LogP contribution in [-0.4, -0.2) is 28.0 Å². The smallest absolute Gasteiger partial charge is 0.347 e. The van der Waals surface area contributed by atoms with Crippen LogP contribution in [0.4, 0.5) is 0 Å². The van der Waals surface area contributed by atoms with Crippen LogP contribution in [0, 0.1) is 0 Å². The van der Waals surface area contributed by atoms with Crippen molar-refractivity contribution in [2.45, 2.75) is 31.8 Å². The summed E-state index contributed by atoms with van der Waals surface area (Å²) in [7, 11) is 2.03. The Hall–Kier alpha value is -1.72. The molecule has 1 N–H and O–H groups in total. The van der Waals surface area contributed by atoms with E-state index in [9.17, 15) is 9.90 Å². The molecule has 0 unspecified atom stereocenters. The van der Waals surface area contributed by atoms with Gasteiger partial charge in [-0.05, 0) is 25.5 Å². The molecule has 0 spiro atoms. The molecule has 1 aliphatic rings. The Morgan fingerprint density at radius 1 is 1.33 bits per heavy atom. The van der Waals surface area contributed by atoms with Crippen LogP contribution in [0.1, 0.15) is 44.7 Å². The molecule has 0 atom stereocenters. The third-order valence-corrected chi connectivity index (χ3v) is 4.60. The Kier molecular flexibility index (Phi) is 4.03. The SMILES string of the molecule is CN(Cc1ccccc1)Cc1nc(C2CC2)c(C(=O)O)s1. The zero-order chi connectivity index (χ0) is 14.8. The molecule has 110 valence electrons. The number of aromatic carboxylic acids is 1. The average Bonchev–Trinajstić information content (AvgIpc) is 3.21. The van der Waals surface area contributed by atoms with Crippen LogP contribution < -0.4 is 0 Å². The molecule has 1 heterocycles. The molecule has 4 nitrogen and oxygen atoms in total. The van der Waals surface area contributed by atoms with Gasteiger partial charge in [0.15, 0.2) is 0 Å². The molecule has 2 aromatic rings. The molecule has 0 saturated heterocycles. The molecule has 0 radical (unpaired) electrons. The van der Waals surface area contributed by atoms with E-state index < -0.39 is 5.97 Å². The number of nitrogens with zero attached hydrogens (tertiary/aromatic N) is 2. The van der Waals surface area contributed by atoms with Crippen molar-refractivity contribution in [3.8, 4) is 0 Å². The quantitative estimate of drug-likeness (QED) is 0.889. The molecule has 5 heteroatoms. The standard InChI is InChI=1S/C16H18N2O2S/c1-18(9-11-5-3-2-4-6-11)10-13-17-14(12-7-8-12)15(21-13)16(19)20/h2-6,12H,7-10H2,1H3,(H,19,20). The maximum Gasteiger partial charge on any atom is 0.347 e. The molecule has 0 amide bonds. The first-order valence-electron chi connectivity index (χ1n) is 7.09. The summed E-state index contributed by atoms with van der Waals surface area (Å²) in [5.41, 5.74) is 2.05. The van der Waals surface area contributed by atoms with Gasteiger partial charge in [-0.1, -0.05) is 30.3 Å². The number of aromatic nitrogens is 1. The number of carboxylic acids is 1. The van der Waals surface area contributed by atoms with Gasteiger partial charge in [0, 0.05) is 12.5 Å². The molecular weight excluding hydrogens is 284 g/mol. The number of hydrogen-bond donors (Lipinski definition) is 1. The maximum absolute atomic E-state index is 11.3. The third kappa shape index (κ3) is 3.49. The fraction of sp³-hybridized carbons (Fsp3) is 0.375. The van der Waals surface area contributed by atoms with Gasteiger partial charge in [-0.15, -0.1) is 11.3 Å². The van der Waals surface area contributed by atoms with E-state index in [0.717, 1.165) is 30.1 Å². The van der Waals surface area contributed by atoms with Crippen molar-refractivity contribution in [3.05, 3.63) is 51.5 Å². The van der Waals surface area contributed by atoms with Gasteiger partial charge in [0.25, 0.3) is 0 Å². The van der Waals surface area contributed by atoms with Crippen LogP contribution in [-0.2, 0) is 13.1 Å². The van der Waals surface area contributed by atoms with Crippen molar-refractivity contribution in [3.63, 3.8) is 0 Å². The van der Waals surface area contributed by atoms with Crippen LogP contribution >= 0.6 is 11.3 Å². The van der Waals surface area contributed by atoms with Crippen LogP contribution in [0.5, 0.6) is 0 Å². The number of benzene rings is 1. The normalized spacial score (nSPS) is 14.6. The summed E-state index contributed by atoms with van der Waals surface area (Å²) < 4.78 is 0. The van der Waals surface area contributed by atoms with E-state index in [-0.39, 0.29) is 0 Å². The zero-order valence-corrected chi connectivity index (χ0v) is 12.8. The molecule has 3 rings (SSSR count). The molecule has 21 heavy (non-hydrogen) atoms. The number of hydrogen-bond acceptors (Lipinski definition) is 4. The summed E-state index contributed by atoms with van der Waals surface area (Å²) >= 11 is 1.32. The van der Waals surface area contributed by atoms with Crippen molar-refractivity contribution in [1.29, 1.82) is 0 Å². The topological polar surface area (TPSA) is 53.4 Å².